The highest BCUT2D eigenvalue weighted by molar-refractivity contribution is 7.93. The number of benzene rings is 3. The van der Waals surface area contributed by atoms with Gasteiger partial charge < -0.3 is 33.9 Å². The number of carbonyl (C=O) groups is 2. The Labute approximate surface area is 303 Å². The van der Waals surface area contributed by atoms with E-state index in [1.165, 1.54) is 56.3 Å². The molecule has 2 amide bonds. The van der Waals surface area contributed by atoms with Gasteiger partial charge in [-0.05, 0) is 55.0 Å². The molecule has 2 saturated heterocycles. The van der Waals surface area contributed by atoms with E-state index in [0.29, 0.717) is 36.3 Å². The Bertz CT molecular complexity index is 1990. The summed E-state index contributed by atoms with van der Waals surface area (Å²) in [5, 5.41) is 11.2. The number of aliphatic hydroxyl groups is 1. The summed E-state index contributed by atoms with van der Waals surface area (Å²) in [6.07, 6.45) is -6.59. The molecule has 0 spiro atoms. The second-order valence-corrected chi connectivity index (χ2v) is 14.8. The number of nitrogens with zero attached hydrogens (tertiary/aromatic N) is 4. The third kappa shape index (κ3) is 6.38. The van der Waals surface area contributed by atoms with Crippen molar-refractivity contribution in [2.24, 2.45) is 0 Å². The molecule has 2 fully saturated rings. The van der Waals surface area contributed by atoms with Gasteiger partial charge in [-0.2, -0.15) is 0 Å². The van der Waals surface area contributed by atoms with E-state index in [4.69, 9.17) is 25.8 Å². The maximum absolute atomic E-state index is 15.6. The standard InChI is InChI=1S/C34H36ClF3N4O9S/c1-39(2)31(44)27-17-22(43)19-41(27)33(25-16-21(6-9-28(25)49-4)40-11-13-50-14-12-40)24-15-20(35)5-8-26(24)42(32(33)45)52(46,47)30-10-7-23(48-3)18-29(30)51-34(36,37)38/h5-10,15-16,18,22,27,43H,11-14,17,19H2,1-4H3/t22-,27+,33?/m1/s1. The fraction of sp³-hybridized carbons (Fsp3) is 0.412. The zero-order chi connectivity index (χ0) is 37.7. The second-order valence-electron chi connectivity index (χ2n) is 12.6. The monoisotopic (exact) mass is 768 g/mol. The maximum Gasteiger partial charge on any atom is 0.573 e. The summed E-state index contributed by atoms with van der Waals surface area (Å²) >= 11 is 6.57. The minimum absolute atomic E-state index is 0.0107. The summed E-state index contributed by atoms with van der Waals surface area (Å²) in [6, 6.07) is 10.5. The Hall–Kier alpha value is -4.29. The number of sulfonamides is 1. The number of rotatable bonds is 9. The van der Waals surface area contributed by atoms with Crippen LogP contribution in [0.25, 0.3) is 0 Å². The van der Waals surface area contributed by atoms with Crippen LogP contribution in [-0.4, -0.2) is 115 Å². The topological polar surface area (TPSA) is 138 Å². The lowest BCUT2D eigenvalue weighted by atomic mass is 9.80. The van der Waals surface area contributed by atoms with Crippen LogP contribution in [-0.2, 0) is 29.9 Å². The first-order valence-corrected chi connectivity index (χ1v) is 17.9. The van der Waals surface area contributed by atoms with Gasteiger partial charge in [0.2, 0.25) is 5.91 Å². The minimum atomic E-state index is -5.32. The summed E-state index contributed by atoms with van der Waals surface area (Å²) in [7, 11) is 0.271. The Balaban J connectivity index is 1.68. The van der Waals surface area contributed by atoms with E-state index >= 15 is 4.79 Å². The van der Waals surface area contributed by atoms with Crippen LogP contribution < -0.4 is 23.4 Å². The maximum atomic E-state index is 15.6. The molecule has 3 atom stereocenters. The molecule has 3 aliphatic rings. The number of carbonyl (C=O) groups excluding carboxylic acids is 2. The van der Waals surface area contributed by atoms with Gasteiger partial charge in [0.25, 0.3) is 15.9 Å². The molecule has 1 N–H and O–H groups in total. The van der Waals surface area contributed by atoms with Gasteiger partial charge in [-0.15, -0.1) is 13.2 Å². The van der Waals surface area contributed by atoms with Crippen molar-refractivity contribution in [1.29, 1.82) is 0 Å². The summed E-state index contributed by atoms with van der Waals surface area (Å²) in [5.41, 5.74) is -1.78. The fourth-order valence-corrected chi connectivity index (χ4v) is 8.85. The van der Waals surface area contributed by atoms with Gasteiger partial charge in [0.15, 0.2) is 11.3 Å². The molecule has 3 aliphatic heterocycles. The molecule has 0 aromatic heterocycles. The summed E-state index contributed by atoms with van der Waals surface area (Å²) in [4.78, 5) is 33.2. The Morgan fingerprint density at radius 2 is 1.71 bits per heavy atom. The highest BCUT2D eigenvalue weighted by Gasteiger charge is 2.64. The van der Waals surface area contributed by atoms with Gasteiger partial charge in [0.1, 0.15) is 16.4 Å². The SMILES string of the molecule is COc1ccc(S(=O)(=O)N2C(=O)C(c3cc(N4CCOCC4)ccc3OC)(N3C[C@H](O)C[C@H]3C(=O)N(C)C)c3cc(Cl)ccc32)c(OC(F)(F)F)c1. The molecular formula is C34H36ClF3N4O9S. The number of halogens is 4. The molecule has 280 valence electrons. The van der Waals surface area contributed by atoms with Crippen LogP contribution in [0.2, 0.25) is 5.02 Å². The van der Waals surface area contributed by atoms with Gasteiger partial charge >= 0.3 is 6.36 Å². The molecule has 3 heterocycles. The third-order valence-electron chi connectivity index (χ3n) is 9.34. The van der Waals surface area contributed by atoms with Gasteiger partial charge in [-0.3, -0.25) is 14.5 Å². The number of ether oxygens (including phenoxy) is 4. The number of amides is 2. The van der Waals surface area contributed by atoms with Crippen molar-refractivity contribution in [1.82, 2.24) is 9.80 Å². The van der Waals surface area contributed by atoms with E-state index < -0.39 is 56.5 Å². The van der Waals surface area contributed by atoms with E-state index in [2.05, 4.69) is 4.74 Å². The zero-order valence-corrected chi connectivity index (χ0v) is 30.1. The van der Waals surface area contributed by atoms with Gasteiger partial charge in [0, 0.05) is 61.6 Å². The van der Waals surface area contributed by atoms with E-state index in [1.807, 2.05) is 4.90 Å². The normalized spacial score (nSPS) is 22.4. The van der Waals surface area contributed by atoms with Crippen LogP contribution in [0.4, 0.5) is 24.5 Å². The number of aliphatic hydroxyl groups excluding tert-OH is 1. The fourth-order valence-electron chi connectivity index (χ4n) is 7.12. The number of alkyl halides is 3. The average molecular weight is 769 g/mol. The average Bonchev–Trinajstić information content (AvgIpc) is 3.61. The lowest BCUT2D eigenvalue weighted by molar-refractivity contribution is -0.275. The van der Waals surface area contributed by atoms with Crippen LogP contribution in [0.5, 0.6) is 17.2 Å². The van der Waals surface area contributed by atoms with Crippen molar-refractivity contribution in [2.75, 3.05) is 70.4 Å². The molecule has 0 bridgehead atoms. The summed E-state index contributed by atoms with van der Waals surface area (Å²) < 4.78 is 91.5. The Morgan fingerprint density at radius 3 is 2.35 bits per heavy atom. The number of β-amino-alcohol motifs (C(OH)–C–C–N with tert-alkyl or cyclic N) is 1. The molecule has 3 aromatic rings. The predicted molar refractivity (Wildman–Crippen MR) is 182 cm³/mol. The van der Waals surface area contributed by atoms with Gasteiger partial charge in [-0.25, -0.2) is 12.7 Å². The molecule has 1 unspecified atom stereocenters. The first-order chi connectivity index (χ1) is 24.5. The summed E-state index contributed by atoms with van der Waals surface area (Å²) in [6.45, 7) is 1.51. The number of likely N-dealkylation sites (tertiary alicyclic amines) is 1. The third-order valence-corrected chi connectivity index (χ3v) is 11.3. The van der Waals surface area contributed by atoms with Crippen molar-refractivity contribution in [3.63, 3.8) is 0 Å². The number of morpholine rings is 1. The molecule has 52 heavy (non-hydrogen) atoms. The van der Waals surface area contributed by atoms with Crippen LogP contribution in [0.15, 0.2) is 59.5 Å². The number of hydrogen-bond donors (Lipinski definition) is 1. The number of anilines is 2. The van der Waals surface area contributed by atoms with Crippen molar-refractivity contribution in [3.05, 3.63) is 70.7 Å². The van der Waals surface area contributed by atoms with Crippen molar-refractivity contribution < 1.29 is 55.2 Å². The molecule has 13 nitrogen and oxygen atoms in total. The molecular weight excluding hydrogens is 733 g/mol. The Kier molecular flexibility index (Phi) is 10.0. The molecule has 0 saturated carbocycles. The number of hydrogen-bond acceptors (Lipinski definition) is 11. The van der Waals surface area contributed by atoms with Crippen LogP contribution >= 0.6 is 11.6 Å². The number of fused-ring (bicyclic) bond motifs is 1. The smallest absolute Gasteiger partial charge is 0.497 e. The van der Waals surface area contributed by atoms with Crippen LogP contribution in [0, 0.1) is 0 Å². The van der Waals surface area contributed by atoms with Crippen molar-refractivity contribution in [2.45, 2.75) is 35.4 Å². The Morgan fingerprint density at radius 1 is 1.00 bits per heavy atom. The highest BCUT2D eigenvalue weighted by Crippen LogP contribution is 2.56. The van der Waals surface area contributed by atoms with Gasteiger partial charge in [-0.1, -0.05) is 11.6 Å². The minimum Gasteiger partial charge on any atom is -0.497 e. The molecule has 0 aliphatic carbocycles. The molecule has 18 heteroatoms. The van der Waals surface area contributed by atoms with E-state index in [1.54, 1.807) is 18.2 Å². The lowest BCUT2D eigenvalue weighted by Crippen LogP contribution is -2.59. The number of likely N-dealkylation sites (N-methyl/N-ethyl adjacent to an activating group) is 1. The zero-order valence-electron chi connectivity index (χ0n) is 28.5. The molecule has 0 radical (unpaired) electrons. The van der Waals surface area contributed by atoms with Crippen molar-refractivity contribution >= 4 is 44.8 Å². The van der Waals surface area contributed by atoms with Crippen LogP contribution in [0.1, 0.15) is 17.5 Å². The van der Waals surface area contributed by atoms with Crippen LogP contribution in [0.3, 0.4) is 0 Å². The van der Waals surface area contributed by atoms with Gasteiger partial charge in [0.05, 0.1) is 45.3 Å². The van der Waals surface area contributed by atoms with E-state index in [9.17, 15) is 31.5 Å². The quantitative estimate of drug-likeness (QED) is 0.342. The van der Waals surface area contributed by atoms with E-state index in [-0.39, 0.29) is 46.3 Å². The lowest BCUT2D eigenvalue weighted by Gasteiger charge is -2.42. The molecule has 3 aromatic carbocycles. The highest BCUT2D eigenvalue weighted by atomic mass is 35.5. The second kappa shape index (κ2) is 13.9. The summed E-state index contributed by atoms with van der Waals surface area (Å²) in [5.74, 6) is -2.84. The molecule has 6 rings (SSSR count). The first kappa shape index (κ1) is 37.5. The first-order valence-electron chi connectivity index (χ1n) is 16.0. The van der Waals surface area contributed by atoms with E-state index in [0.717, 1.165) is 18.2 Å². The predicted octanol–water partition coefficient (Wildman–Crippen LogP) is 3.59. The largest absolute Gasteiger partial charge is 0.573 e. The number of methoxy groups -OCH3 is 2. The van der Waals surface area contributed by atoms with Crippen molar-refractivity contribution in [3.8, 4) is 17.2 Å².